The van der Waals surface area contributed by atoms with Crippen molar-refractivity contribution in [2.24, 2.45) is 17.6 Å². The average Bonchev–Trinajstić information content (AvgIpc) is 2.38. The molecule has 112 valence electrons. The molecule has 4 heteroatoms. The highest BCUT2D eigenvalue weighted by Crippen LogP contribution is 2.17. The molecular formula is C16H25ClN2O. The van der Waals surface area contributed by atoms with E-state index in [-0.39, 0.29) is 17.9 Å². The quantitative estimate of drug-likeness (QED) is 0.812. The van der Waals surface area contributed by atoms with Gasteiger partial charge in [-0.15, -0.1) is 0 Å². The van der Waals surface area contributed by atoms with E-state index in [1.165, 1.54) is 0 Å². The van der Waals surface area contributed by atoms with E-state index in [9.17, 15) is 4.79 Å². The van der Waals surface area contributed by atoms with Gasteiger partial charge in [-0.2, -0.15) is 0 Å². The molecule has 0 heterocycles. The van der Waals surface area contributed by atoms with Gasteiger partial charge in [-0.05, 0) is 37.3 Å². The normalized spacial score (nSPS) is 14.1. The molecule has 1 amide bonds. The lowest BCUT2D eigenvalue weighted by molar-refractivity contribution is -0.125. The Morgan fingerprint density at radius 1 is 1.30 bits per heavy atom. The molecule has 0 radical (unpaired) electrons. The van der Waals surface area contributed by atoms with Crippen LogP contribution in [0.25, 0.3) is 0 Å². The summed E-state index contributed by atoms with van der Waals surface area (Å²) >= 11 is 6.13. The van der Waals surface area contributed by atoms with Gasteiger partial charge in [0.1, 0.15) is 0 Å². The Morgan fingerprint density at radius 3 is 2.50 bits per heavy atom. The molecule has 0 fully saturated rings. The maximum atomic E-state index is 12.2. The van der Waals surface area contributed by atoms with Crippen LogP contribution in [0.15, 0.2) is 24.3 Å². The maximum absolute atomic E-state index is 12.2. The minimum atomic E-state index is -0.108. The summed E-state index contributed by atoms with van der Waals surface area (Å²) in [7, 11) is 0. The number of nitrogens with one attached hydrogen (secondary N) is 1. The smallest absolute Gasteiger partial charge is 0.224 e. The molecule has 0 aromatic heterocycles. The Hall–Kier alpha value is -1.06. The van der Waals surface area contributed by atoms with Gasteiger partial charge < -0.3 is 11.1 Å². The van der Waals surface area contributed by atoms with E-state index in [1.54, 1.807) is 0 Å². The molecule has 0 saturated heterocycles. The molecule has 3 N–H and O–H groups in total. The average molecular weight is 297 g/mol. The van der Waals surface area contributed by atoms with Gasteiger partial charge in [0.15, 0.2) is 0 Å². The summed E-state index contributed by atoms with van der Waals surface area (Å²) in [6, 6.07) is 7.76. The van der Waals surface area contributed by atoms with Crippen molar-refractivity contribution in [2.45, 2.75) is 39.7 Å². The highest BCUT2D eigenvalue weighted by molar-refractivity contribution is 6.31. The fraction of sp³-hybridized carbons (Fsp3) is 0.562. The van der Waals surface area contributed by atoms with Crippen LogP contribution in [0.1, 0.15) is 32.8 Å². The first kappa shape index (κ1) is 17.0. The number of hydrogen-bond acceptors (Lipinski definition) is 2. The van der Waals surface area contributed by atoms with E-state index in [4.69, 9.17) is 17.3 Å². The van der Waals surface area contributed by atoms with Crippen LogP contribution in [0.4, 0.5) is 0 Å². The Bertz CT molecular complexity index is 434. The van der Waals surface area contributed by atoms with Crippen LogP contribution in [0.3, 0.4) is 0 Å². The van der Waals surface area contributed by atoms with Crippen molar-refractivity contribution >= 4 is 17.5 Å². The maximum Gasteiger partial charge on any atom is 0.224 e. The zero-order valence-electron chi connectivity index (χ0n) is 12.5. The molecule has 1 aromatic carbocycles. The topological polar surface area (TPSA) is 55.1 Å². The summed E-state index contributed by atoms with van der Waals surface area (Å²) in [5, 5.41) is 3.78. The lowest BCUT2D eigenvalue weighted by Gasteiger charge is -2.20. The molecule has 3 nitrogen and oxygen atoms in total. The first-order valence-electron chi connectivity index (χ1n) is 7.17. The second-order valence-corrected chi connectivity index (χ2v) is 6.17. The first-order chi connectivity index (χ1) is 9.43. The molecule has 2 unspecified atom stereocenters. The standard InChI is InChI=1S/C16H25ClN2O/c1-11(2)8-14(10-18)16(20)19-12(3)9-13-6-4-5-7-15(13)17/h4-7,11-12,14H,8-10,18H2,1-3H3,(H,19,20). The van der Waals surface area contributed by atoms with Gasteiger partial charge in [0.25, 0.3) is 0 Å². The molecule has 0 aliphatic carbocycles. The van der Waals surface area contributed by atoms with Crippen molar-refractivity contribution < 1.29 is 4.79 Å². The van der Waals surface area contributed by atoms with Crippen LogP contribution < -0.4 is 11.1 Å². The van der Waals surface area contributed by atoms with Crippen LogP contribution >= 0.6 is 11.6 Å². The molecule has 1 aromatic rings. The molecule has 0 bridgehead atoms. The molecule has 0 aliphatic heterocycles. The third-order valence-electron chi connectivity index (χ3n) is 3.28. The van der Waals surface area contributed by atoms with Gasteiger partial charge >= 0.3 is 0 Å². The van der Waals surface area contributed by atoms with E-state index in [2.05, 4.69) is 19.2 Å². The summed E-state index contributed by atoms with van der Waals surface area (Å²) in [4.78, 5) is 12.2. The Labute approximate surface area is 126 Å². The fourth-order valence-corrected chi connectivity index (χ4v) is 2.50. The number of halogens is 1. The number of benzene rings is 1. The van der Waals surface area contributed by atoms with Gasteiger partial charge in [0, 0.05) is 17.6 Å². The van der Waals surface area contributed by atoms with E-state index in [1.807, 2.05) is 31.2 Å². The molecule has 0 aliphatic rings. The molecule has 1 rings (SSSR count). The van der Waals surface area contributed by atoms with Crippen LogP contribution in [0.5, 0.6) is 0 Å². The lowest BCUT2D eigenvalue weighted by atomic mass is 9.96. The Morgan fingerprint density at radius 2 is 1.95 bits per heavy atom. The third-order valence-corrected chi connectivity index (χ3v) is 3.65. The molecule has 20 heavy (non-hydrogen) atoms. The summed E-state index contributed by atoms with van der Waals surface area (Å²) in [5.41, 5.74) is 6.74. The van der Waals surface area contributed by atoms with Gasteiger partial charge in [-0.1, -0.05) is 43.6 Å². The van der Waals surface area contributed by atoms with Crippen LogP contribution in [0, 0.1) is 11.8 Å². The predicted octanol–water partition coefficient (Wildman–Crippen LogP) is 3.01. The van der Waals surface area contributed by atoms with Gasteiger partial charge in [-0.25, -0.2) is 0 Å². The van der Waals surface area contributed by atoms with Gasteiger partial charge in [-0.3, -0.25) is 4.79 Å². The second kappa shape index (κ2) is 8.28. The highest BCUT2D eigenvalue weighted by Gasteiger charge is 2.20. The van der Waals surface area contributed by atoms with Crippen molar-refractivity contribution in [2.75, 3.05) is 6.54 Å². The summed E-state index contributed by atoms with van der Waals surface area (Å²) in [6.07, 6.45) is 1.55. The van der Waals surface area contributed by atoms with Crippen molar-refractivity contribution in [1.82, 2.24) is 5.32 Å². The Kier molecular flexibility index (Phi) is 7.03. The Balaban J connectivity index is 2.55. The van der Waals surface area contributed by atoms with Crippen molar-refractivity contribution in [3.05, 3.63) is 34.9 Å². The monoisotopic (exact) mass is 296 g/mol. The molecule has 0 spiro atoms. The number of hydrogen-bond donors (Lipinski definition) is 2. The third kappa shape index (κ3) is 5.51. The van der Waals surface area contributed by atoms with Crippen molar-refractivity contribution in [3.63, 3.8) is 0 Å². The largest absolute Gasteiger partial charge is 0.353 e. The number of amides is 1. The van der Waals surface area contributed by atoms with Gasteiger partial charge in [0.05, 0.1) is 5.92 Å². The van der Waals surface area contributed by atoms with E-state index in [0.717, 1.165) is 23.4 Å². The number of carbonyl (C=O) groups is 1. The molecule has 0 saturated carbocycles. The SMILES string of the molecule is CC(C)CC(CN)C(=O)NC(C)Cc1ccccc1Cl. The zero-order chi connectivity index (χ0) is 15.1. The molecule has 2 atom stereocenters. The predicted molar refractivity (Wildman–Crippen MR) is 84.8 cm³/mol. The van der Waals surface area contributed by atoms with E-state index < -0.39 is 0 Å². The minimum Gasteiger partial charge on any atom is -0.353 e. The number of rotatable bonds is 7. The lowest BCUT2D eigenvalue weighted by Crippen LogP contribution is -2.41. The van der Waals surface area contributed by atoms with Crippen LogP contribution in [-0.2, 0) is 11.2 Å². The summed E-state index contributed by atoms with van der Waals surface area (Å²) < 4.78 is 0. The second-order valence-electron chi connectivity index (χ2n) is 5.77. The number of carbonyl (C=O) groups excluding carboxylic acids is 1. The first-order valence-corrected chi connectivity index (χ1v) is 7.55. The van der Waals surface area contributed by atoms with Crippen molar-refractivity contribution in [3.8, 4) is 0 Å². The molecular weight excluding hydrogens is 272 g/mol. The van der Waals surface area contributed by atoms with Crippen LogP contribution in [-0.4, -0.2) is 18.5 Å². The van der Waals surface area contributed by atoms with Gasteiger partial charge in [0.2, 0.25) is 5.91 Å². The number of nitrogens with two attached hydrogens (primary N) is 1. The zero-order valence-corrected chi connectivity index (χ0v) is 13.3. The fourth-order valence-electron chi connectivity index (χ4n) is 2.28. The van der Waals surface area contributed by atoms with Crippen LogP contribution in [0.2, 0.25) is 5.02 Å². The highest BCUT2D eigenvalue weighted by atomic mass is 35.5. The summed E-state index contributed by atoms with van der Waals surface area (Å²) in [6.45, 7) is 6.58. The minimum absolute atomic E-state index is 0.0424. The van der Waals surface area contributed by atoms with E-state index >= 15 is 0 Å². The summed E-state index contributed by atoms with van der Waals surface area (Å²) in [5.74, 6) is 0.401. The van der Waals surface area contributed by atoms with E-state index in [0.29, 0.717) is 12.5 Å². The van der Waals surface area contributed by atoms with Crippen molar-refractivity contribution in [1.29, 1.82) is 0 Å².